The Kier molecular flexibility index (Phi) is 6.57. The van der Waals surface area contributed by atoms with Crippen molar-refractivity contribution in [2.24, 2.45) is 11.8 Å². The average molecular weight is 158 g/mol. The first-order valence-electron chi connectivity index (χ1n) is 4.55. The van der Waals surface area contributed by atoms with Gasteiger partial charge in [-0.25, -0.2) is 0 Å². The van der Waals surface area contributed by atoms with E-state index in [2.05, 4.69) is 24.5 Å². The van der Waals surface area contributed by atoms with Gasteiger partial charge in [-0.05, 0) is 39.0 Å². The van der Waals surface area contributed by atoms with Crippen molar-refractivity contribution in [2.45, 2.75) is 20.3 Å². The molecule has 0 aliphatic carbocycles. The fourth-order valence-electron chi connectivity index (χ4n) is 1.50. The lowest BCUT2D eigenvalue weighted by atomic mass is 9.91. The van der Waals surface area contributed by atoms with Crippen molar-refractivity contribution in [3.8, 4) is 0 Å². The van der Waals surface area contributed by atoms with Gasteiger partial charge >= 0.3 is 0 Å². The van der Waals surface area contributed by atoms with Crippen LogP contribution in [0.25, 0.3) is 0 Å². The minimum Gasteiger partial charge on any atom is -0.319 e. The quantitative estimate of drug-likeness (QED) is 0.604. The molecular weight excluding hydrogens is 136 g/mol. The van der Waals surface area contributed by atoms with Crippen LogP contribution in [0.4, 0.5) is 0 Å². The van der Waals surface area contributed by atoms with Crippen LogP contribution in [0.2, 0.25) is 0 Å². The van der Waals surface area contributed by atoms with Gasteiger partial charge in [0.15, 0.2) is 0 Å². The van der Waals surface area contributed by atoms with Gasteiger partial charge in [0.25, 0.3) is 0 Å². The molecule has 2 atom stereocenters. The zero-order valence-electron chi connectivity index (χ0n) is 8.28. The van der Waals surface area contributed by atoms with Gasteiger partial charge in [-0.3, -0.25) is 0 Å². The highest BCUT2D eigenvalue weighted by Gasteiger charge is 2.12. The summed E-state index contributed by atoms with van der Waals surface area (Å²) in [6.07, 6.45) is 1.27. The summed E-state index contributed by atoms with van der Waals surface area (Å²) in [7, 11) is 4.04. The van der Waals surface area contributed by atoms with Gasteiger partial charge in [-0.1, -0.05) is 20.3 Å². The van der Waals surface area contributed by atoms with Crippen molar-refractivity contribution in [1.82, 2.24) is 10.6 Å². The molecule has 0 saturated heterocycles. The summed E-state index contributed by atoms with van der Waals surface area (Å²) >= 11 is 0. The van der Waals surface area contributed by atoms with Gasteiger partial charge in [-0.15, -0.1) is 0 Å². The van der Waals surface area contributed by atoms with Gasteiger partial charge in [0.1, 0.15) is 0 Å². The minimum atomic E-state index is 0.775. The molecule has 0 aromatic rings. The summed E-state index contributed by atoms with van der Waals surface area (Å²) in [5.74, 6) is 1.59. The molecule has 0 rings (SSSR count). The maximum absolute atomic E-state index is 3.23. The number of rotatable bonds is 6. The highest BCUT2D eigenvalue weighted by atomic mass is 14.8. The van der Waals surface area contributed by atoms with Crippen LogP contribution in [0.15, 0.2) is 0 Å². The first kappa shape index (κ1) is 10.9. The second-order valence-corrected chi connectivity index (χ2v) is 3.26. The van der Waals surface area contributed by atoms with E-state index in [4.69, 9.17) is 0 Å². The van der Waals surface area contributed by atoms with E-state index in [1.807, 2.05) is 14.1 Å². The first-order chi connectivity index (χ1) is 5.26. The molecule has 0 aliphatic heterocycles. The van der Waals surface area contributed by atoms with Crippen LogP contribution in [0.1, 0.15) is 20.3 Å². The molecule has 0 fully saturated rings. The Morgan fingerprint density at radius 1 is 1.09 bits per heavy atom. The Bertz CT molecular complexity index is 83.6. The third kappa shape index (κ3) is 4.38. The van der Waals surface area contributed by atoms with Crippen molar-refractivity contribution in [2.75, 3.05) is 27.2 Å². The third-order valence-corrected chi connectivity index (χ3v) is 2.32. The van der Waals surface area contributed by atoms with E-state index in [0.717, 1.165) is 24.9 Å². The molecule has 0 amide bonds. The Hall–Kier alpha value is -0.0800. The van der Waals surface area contributed by atoms with Crippen LogP contribution < -0.4 is 10.6 Å². The summed E-state index contributed by atoms with van der Waals surface area (Å²) in [6.45, 7) is 6.83. The van der Waals surface area contributed by atoms with E-state index in [0.29, 0.717) is 0 Å². The zero-order chi connectivity index (χ0) is 8.69. The van der Waals surface area contributed by atoms with Crippen LogP contribution in [0.5, 0.6) is 0 Å². The third-order valence-electron chi connectivity index (χ3n) is 2.32. The summed E-state index contributed by atoms with van der Waals surface area (Å²) in [6, 6.07) is 0. The smallest absolute Gasteiger partial charge is 0.00206 e. The molecule has 2 nitrogen and oxygen atoms in total. The van der Waals surface area contributed by atoms with E-state index in [1.165, 1.54) is 6.42 Å². The van der Waals surface area contributed by atoms with Gasteiger partial charge in [0.05, 0.1) is 0 Å². The Morgan fingerprint density at radius 3 is 2.00 bits per heavy atom. The molecule has 2 N–H and O–H groups in total. The van der Waals surface area contributed by atoms with E-state index in [9.17, 15) is 0 Å². The summed E-state index contributed by atoms with van der Waals surface area (Å²) < 4.78 is 0. The zero-order valence-corrected chi connectivity index (χ0v) is 8.28. The van der Waals surface area contributed by atoms with E-state index >= 15 is 0 Å². The van der Waals surface area contributed by atoms with Crippen LogP contribution in [-0.2, 0) is 0 Å². The molecule has 11 heavy (non-hydrogen) atoms. The van der Waals surface area contributed by atoms with Gasteiger partial charge in [0.2, 0.25) is 0 Å². The van der Waals surface area contributed by atoms with Crippen molar-refractivity contribution in [3.05, 3.63) is 0 Å². The van der Waals surface area contributed by atoms with Crippen LogP contribution in [0.3, 0.4) is 0 Å². The monoisotopic (exact) mass is 158 g/mol. The molecule has 0 bridgehead atoms. The maximum Gasteiger partial charge on any atom is -0.00206 e. The van der Waals surface area contributed by atoms with Crippen LogP contribution in [0, 0.1) is 11.8 Å². The summed E-state index contributed by atoms with van der Waals surface area (Å²) in [5, 5.41) is 6.44. The summed E-state index contributed by atoms with van der Waals surface area (Å²) in [5.41, 5.74) is 0. The fourth-order valence-corrected chi connectivity index (χ4v) is 1.50. The van der Waals surface area contributed by atoms with Crippen molar-refractivity contribution < 1.29 is 0 Å². The molecular formula is C9H22N2. The highest BCUT2D eigenvalue weighted by molar-refractivity contribution is 4.67. The molecule has 2 unspecified atom stereocenters. The fraction of sp³-hybridized carbons (Fsp3) is 1.00. The van der Waals surface area contributed by atoms with Crippen molar-refractivity contribution in [1.29, 1.82) is 0 Å². The number of hydrogen-bond donors (Lipinski definition) is 2. The molecule has 0 radical (unpaired) electrons. The molecule has 0 heterocycles. The molecule has 0 aliphatic rings. The highest BCUT2D eigenvalue weighted by Crippen LogP contribution is 2.13. The van der Waals surface area contributed by atoms with Gasteiger partial charge in [-0.2, -0.15) is 0 Å². The van der Waals surface area contributed by atoms with Crippen LogP contribution >= 0.6 is 0 Å². The Morgan fingerprint density at radius 2 is 1.64 bits per heavy atom. The van der Waals surface area contributed by atoms with Gasteiger partial charge in [0, 0.05) is 0 Å². The van der Waals surface area contributed by atoms with Crippen molar-refractivity contribution >= 4 is 0 Å². The number of hydrogen-bond acceptors (Lipinski definition) is 2. The predicted molar refractivity (Wildman–Crippen MR) is 50.8 cm³/mol. The Balaban J connectivity index is 3.61. The second-order valence-electron chi connectivity index (χ2n) is 3.26. The first-order valence-corrected chi connectivity index (χ1v) is 4.55. The average Bonchev–Trinajstić information content (AvgIpc) is 2.00. The van der Waals surface area contributed by atoms with Crippen molar-refractivity contribution in [3.63, 3.8) is 0 Å². The minimum absolute atomic E-state index is 0.775. The lowest BCUT2D eigenvalue weighted by Gasteiger charge is -2.21. The van der Waals surface area contributed by atoms with Gasteiger partial charge < -0.3 is 10.6 Å². The summed E-state index contributed by atoms with van der Waals surface area (Å²) in [4.78, 5) is 0. The topological polar surface area (TPSA) is 24.1 Å². The largest absolute Gasteiger partial charge is 0.319 e. The lowest BCUT2D eigenvalue weighted by molar-refractivity contribution is 0.331. The molecule has 0 aromatic carbocycles. The lowest BCUT2D eigenvalue weighted by Crippen LogP contribution is -2.29. The van der Waals surface area contributed by atoms with E-state index < -0.39 is 0 Å². The predicted octanol–water partition coefficient (Wildman–Crippen LogP) is 1.09. The number of nitrogens with one attached hydrogen (secondary N) is 2. The molecule has 0 aromatic heterocycles. The SMILES string of the molecule is CCC(CNC)C(C)CNC. The maximum atomic E-state index is 3.23. The second kappa shape index (κ2) is 6.62. The van der Waals surface area contributed by atoms with E-state index in [-0.39, 0.29) is 0 Å². The Labute approximate surface area is 70.8 Å². The van der Waals surface area contributed by atoms with Crippen LogP contribution in [-0.4, -0.2) is 27.2 Å². The van der Waals surface area contributed by atoms with E-state index in [1.54, 1.807) is 0 Å². The molecule has 2 heteroatoms. The normalized spacial score (nSPS) is 16.4. The molecule has 0 spiro atoms. The standard InChI is InChI=1S/C9H22N2/c1-5-9(7-11-4)8(2)6-10-3/h8-11H,5-7H2,1-4H3. The molecule has 0 saturated carbocycles. The molecule has 68 valence electrons.